The highest BCUT2D eigenvalue weighted by Crippen LogP contribution is 2.38. The van der Waals surface area contributed by atoms with Crippen molar-refractivity contribution >= 4 is 11.0 Å². The van der Waals surface area contributed by atoms with Gasteiger partial charge in [-0.2, -0.15) is 0 Å². The van der Waals surface area contributed by atoms with Gasteiger partial charge in [0.2, 0.25) is 0 Å². The van der Waals surface area contributed by atoms with Crippen molar-refractivity contribution in [1.29, 1.82) is 0 Å². The molecule has 0 fully saturated rings. The van der Waals surface area contributed by atoms with Crippen LogP contribution in [-0.2, 0) is 24.0 Å². The summed E-state index contributed by atoms with van der Waals surface area (Å²) >= 11 is 0. The molecule has 0 aliphatic heterocycles. The van der Waals surface area contributed by atoms with Crippen LogP contribution in [0.4, 0.5) is 0 Å². The third kappa shape index (κ3) is 5.00. The third-order valence-electron chi connectivity index (χ3n) is 6.96. The molecular weight excluding hydrogens is 400 g/mol. The molecule has 3 aromatic rings. The van der Waals surface area contributed by atoms with Gasteiger partial charge in [0.25, 0.3) is 0 Å². The molecule has 2 aromatic carbocycles. The summed E-state index contributed by atoms with van der Waals surface area (Å²) in [6, 6.07) is 14.2. The Morgan fingerprint density at radius 2 is 1.69 bits per heavy atom. The minimum atomic E-state index is -0.734. The molecule has 0 spiro atoms. The van der Waals surface area contributed by atoms with Gasteiger partial charge in [0.15, 0.2) is 0 Å². The van der Waals surface area contributed by atoms with Gasteiger partial charge in [-0.3, -0.25) is 0 Å². The van der Waals surface area contributed by atoms with Crippen LogP contribution in [0.5, 0.6) is 5.75 Å². The van der Waals surface area contributed by atoms with E-state index in [1.54, 1.807) is 0 Å². The standard InChI is InChI=1S/C27H38N2O3/c1-7-26(3,4)19-13-14-24(21(15-19)27(5,6)8-2)32-18-20(31)16-29-23-12-10-9-11-22(23)28-25(29)17-30/h9-15,20,30-31H,7-8,16-18H2,1-6H3. The fourth-order valence-corrected chi connectivity index (χ4v) is 3.90. The number of benzene rings is 2. The second kappa shape index (κ2) is 9.63. The van der Waals surface area contributed by atoms with Crippen LogP contribution < -0.4 is 4.74 Å². The van der Waals surface area contributed by atoms with Crippen molar-refractivity contribution in [2.45, 2.75) is 84.5 Å². The Hall–Kier alpha value is -2.37. The zero-order valence-corrected chi connectivity index (χ0v) is 20.4. The highest BCUT2D eigenvalue weighted by atomic mass is 16.5. The summed E-state index contributed by atoms with van der Waals surface area (Å²) in [6.07, 6.45) is 1.31. The van der Waals surface area contributed by atoms with Crippen molar-refractivity contribution in [3.05, 3.63) is 59.4 Å². The zero-order chi connectivity index (χ0) is 23.5. The molecule has 0 aliphatic rings. The number of aliphatic hydroxyl groups is 2. The van der Waals surface area contributed by atoms with E-state index >= 15 is 0 Å². The minimum absolute atomic E-state index is 0.0370. The normalized spacial score (nSPS) is 13.5. The van der Waals surface area contributed by atoms with Crippen molar-refractivity contribution in [2.24, 2.45) is 0 Å². The van der Waals surface area contributed by atoms with E-state index in [2.05, 4.69) is 64.7 Å². The fourth-order valence-electron chi connectivity index (χ4n) is 3.90. The first-order chi connectivity index (χ1) is 15.1. The Morgan fingerprint density at radius 3 is 2.34 bits per heavy atom. The molecule has 5 heteroatoms. The number of hydrogen-bond acceptors (Lipinski definition) is 4. The van der Waals surface area contributed by atoms with Gasteiger partial charge >= 0.3 is 0 Å². The van der Waals surface area contributed by atoms with Gasteiger partial charge in [-0.15, -0.1) is 0 Å². The lowest BCUT2D eigenvalue weighted by Gasteiger charge is -2.30. The molecule has 1 unspecified atom stereocenters. The molecule has 0 amide bonds. The predicted molar refractivity (Wildman–Crippen MR) is 130 cm³/mol. The molecule has 5 nitrogen and oxygen atoms in total. The van der Waals surface area contributed by atoms with E-state index in [0.717, 1.165) is 29.6 Å². The SMILES string of the molecule is CCC(C)(C)c1ccc(OCC(O)Cn2c(CO)nc3ccccc32)c(C(C)(C)CC)c1. The molecule has 0 saturated carbocycles. The molecule has 0 saturated heterocycles. The molecule has 0 radical (unpaired) electrons. The largest absolute Gasteiger partial charge is 0.491 e. The van der Waals surface area contributed by atoms with Crippen LogP contribution in [0.3, 0.4) is 0 Å². The smallest absolute Gasteiger partial charge is 0.135 e. The van der Waals surface area contributed by atoms with Crippen LogP contribution in [-0.4, -0.2) is 32.5 Å². The molecular formula is C27H38N2O3. The van der Waals surface area contributed by atoms with Gasteiger partial charge in [-0.1, -0.05) is 65.8 Å². The summed E-state index contributed by atoms with van der Waals surface area (Å²) in [7, 11) is 0. The number of aliphatic hydroxyl groups excluding tert-OH is 2. The molecule has 0 aliphatic carbocycles. The Labute approximate surface area is 192 Å². The first kappa shape index (κ1) is 24.3. The molecule has 2 N–H and O–H groups in total. The number of ether oxygens (including phenoxy) is 1. The van der Waals surface area contributed by atoms with E-state index < -0.39 is 6.10 Å². The highest BCUT2D eigenvalue weighted by Gasteiger charge is 2.27. The van der Waals surface area contributed by atoms with Crippen molar-refractivity contribution < 1.29 is 14.9 Å². The number of rotatable bonds is 10. The lowest BCUT2D eigenvalue weighted by Crippen LogP contribution is -2.26. The number of aromatic nitrogens is 2. The van der Waals surface area contributed by atoms with Crippen molar-refractivity contribution in [3.63, 3.8) is 0 Å². The molecule has 1 heterocycles. The van der Waals surface area contributed by atoms with Crippen LogP contribution in [0.1, 0.15) is 71.3 Å². The van der Waals surface area contributed by atoms with Gasteiger partial charge in [0.05, 0.1) is 17.6 Å². The van der Waals surface area contributed by atoms with Crippen molar-refractivity contribution in [2.75, 3.05) is 6.61 Å². The van der Waals surface area contributed by atoms with Crippen molar-refractivity contribution in [1.82, 2.24) is 9.55 Å². The summed E-state index contributed by atoms with van der Waals surface area (Å²) in [5.41, 5.74) is 4.25. The van der Waals surface area contributed by atoms with Gasteiger partial charge in [0, 0.05) is 5.56 Å². The summed E-state index contributed by atoms with van der Waals surface area (Å²) in [6.45, 7) is 13.7. The van der Waals surface area contributed by atoms with Crippen LogP contribution >= 0.6 is 0 Å². The number of hydrogen-bond donors (Lipinski definition) is 2. The lowest BCUT2D eigenvalue weighted by molar-refractivity contribution is 0.0904. The predicted octanol–water partition coefficient (Wildman–Crippen LogP) is 5.34. The number of imidazole rings is 1. The maximum absolute atomic E-state index is 10.8. The van der Waals surface area contributed by atoms with Crippen LogP contribution in [0, 0.1) is 0 Å². The first-order valence-electron chi connectivity index (χ1n) is 11.6. The monoisotopic (exact) mass is 438 g/mol. The topological polar surface area (TPSA) is 67.5 Å². The molecule has 1 aromatic heterocycles. The van der Waals surface area contributed by atoms with E-state index in [9.17, 15) is 10.2 Å². The summed E-state index contributed by atoms with van der Waals surface area (Å²) in [5, 5.41) is 20.5. The molecule has 174 valence electrons. The van der Waals surface area contributed by atoms with E-state index in [1.807, 2.05) is 28.8 Å². The number of nitrogens with zero attached hydrogens (tertiary/aromatic N) is 2. The van der Waals surface area contributed by atoms with E-state index in [0.29, 0.717) is 12.4 Å². The number of para-hydroxylation sites is 2. The van der Waals surface area contributed by atoms with Crippen LogP contribution in [0.2, 0.25) is 0 Å². The average Bonchev–Trinajstić information content (AvgIpc) is 3.15. The summed E-state index contributed by atoms with van der Waals surface area (Å²) in [4.78, 5) is 4.46. The van der Waals surface area contributed by atoms with Gasteiger partial charge in [-0.05, 0) is 47.4 Å². The molecule has 3 rings (SSSR count). The van der Waals surface area contributed by atoms with Crippen LogP contribution in [0.15, 0.2) is 42.5 Å². The fraction of sp³-hybridized carbons (Fsp3) is 0.519. The average molecular weight is 439 g/mol. The summed E-state index contributed by atoms with van der Waals surface area (Å²) < 4.78 is 8.04. The van der Waals surface area contributed by atoms with Gasteiger partial charge in [-0.25, -0.2) is 4.98 Å². The molecule has 0 bridgehead atoms. The molecule has 32 heavy (non-hydrogen) atoms. The summed E-state index contributed by atoms with van der Waals surface area (Å²) in [5.74, 6) is 1.37. The maximum atomic E-state index is 10.8. The second-order valence-electron chi connectivity index (χ2n) is 9.94. The van der Waals surface area contributed by atoms with Gasteiger partial charge < -0.3 is 19.5 Å². The second-order valence-corrected chi connectivity index (χ2v) is 9.94. The lowest BCUT2D eigenvalue weighted by atomic mass is 9.76. The quantitative estimate of drug-likeness (QED) is 0.448. The van der Waals surface area contributed by atoms with Crippen molar-refractivity contribution in [3.8, 4) is 5.75 Å². The zero-order valence-electron chi connectivity index (χ0n) is 20.4. The first-order valence-corrected chi connectivity index (χ1v) is 11.6. The Bertz CT molecular complexity index is 1050. The Kier molecular flexibility index (Phi) is 7.31. The van der Waals surface area contributed by atoms with E-state index in [-0.39, 0.29) is 24.0 Å². The molecule has 1 atom stereocenters. The van der Waals surface area contributed by atoms with E-state index in [1.165, 1.54) is 11.1 Å². The third-order valence-corrected chi connectivity index (χ3v) is 6.96. The van der Waals surface area contributed by atoms with Crippen LogP contribution in [0.25, 0.3) is 11.0 Å². The Morgan fingerprint density at radius 1 is 1.00 bits per heavy atom. The van der Waals surface area contributed by atoms with E-state index in [4.69, 9.17) is 4.74 Å². The number of fused-ring (bicyclic) bond motifs is 1. The highest BCUT2D eigenvalue weighted by molar-refractivity contribution is 5.75. The maximum Gasteiger partial charge on any atom is 0.135 e. The minimum Gasteiger partial charge on any atom is -0.491 e. The Balaban J connectivity index is 1.82. The van der Waals surface area contributed by atoms with Gasteiger partial charge in [0.1, 0.15) is 30.9 Å².